The molecule has 5 nitrogen and oxygen atoms in total. The Bertz CT molecular complexity index is 364. The lowest BCUT2D eigenvalue weighted by atomic mass is 9.80. The fourth-order valence-corrected chi connectivity index (χ4v) is 3.49. The predicted molar refractivity (Wildman–Crippen MR) is 76.4 cm³/mol. The van der Waals surface area contributed by atoms with Crippen molar-refractivity contribution in [1.29, 1.82) is 0 Å². The first-order valence-corrected chi connectivity index (χ1v) is 7.67. The van der Waals surface area contributed by atoms with Gasteiger partial charge in [-0.05, 0) is 52.2 Å². The zero-order valence-corrected chi connectivity index (χ0v) is 12.5. The molecule has 1 N–H and O–H groups in total. The molecule has 1 saturated heterocycles. The van der Waals surface area contributed by atoms with Crippen LogP contribution in [0.25, 0.3) is 0 Å². The molecule has 1 aliphatic heterocycles. The molecule has 1 heterocycles. The smallest absolute Gasteiger partial charge is 0.306 e. The van der Waals surface area contributed by atoms with Gasteiger partial charge in [0, 0.05) is 19.0 Å². The van der Waals surface area contributed by atoms with Gasteiger partial charge >= 0.3 is 5.97 Å². The van der Waals surface area contributed by atoms with E-state index in [1.807, 2.05) is 11.9 Å². The van der Waals surface area contributed by atoms with Crippen LogP contribution in [0, 0.1) is 11.8 Å². The maximum absolute atomic E-state index is 12.6. The molecule has 2 unspecified atom stereocenters. The summed E-state index contributed by atoms with van der Waals surface area (Å²) in [6.07, 6.45) is 4.98. The number of carbonyl (C=O) groups is 2. The fourth-order valence-electron chi connectivity index (χ4n) is 3.49. The second-order valence-corrected chi connectivity index (χ2v) is 6.38. The van der Waals surface area contributed by atoms with Crippen LogP contribution in [0.3, 0.4) is 0 Å². The molecule has 20 heavy (non-hydrogen) atoms. The zero-order valence-electron chi connectivity index (χ0n) is 12.5. The molecule has 1 aliphatic carbocycles. The molecule has 0 aromatic heterocycles. The highest BCUT2D eigenvalue weighted by Crippen LogP contribution is 2.31. The van der Waals surface area contributed by atoms with Crippen LogP contribution in [0.4, 0.5) is 0 Å². The van der Waals surface area contributed by atoms with E-state index in [4.69, 9.17) is 5.11 Å². The highest BCUT2D eigenvalue weighted by Gasteiger charge is 2.34. The maximum Gasteiger partial charge on any atom is 0.306 e. The van der Waals surface area contributed by atoms with Crippen LogP contribution < -0.4 is 0 Å². The molecular weight excluding hydrogens is 256 g/mol. The number of carboxylic acids is 1. The third kappa shape index (κ3) is 3.51. The normalized spacial score (nSPS) is 29.1. The lowest BCUT2D eigenvalue weighted by molar-refractivity contribution is -0.146. The zero-order chi connectivity index (χ0) is 14.7. The van der Waals surface area contributed by atoms with Crippen molar-refractivity contribution in [2.75, 3.05) is 27.2 Å². The number of carboxylic acid groups (broad SMARTS) is 1. The van der Waals surface area contributed by atoms with Crippen molar-refractivity contribution in [3.63, 3.8) is 0 Å². The molecule has 0 aromatic carbocycles. The number of likely N-dealkylation sites (tertiary alicyclic amines) is 1. The van der Waals surface area contributed by atoms with Gasteiger partial charge in [-0.3, -0.25) is 9.59 Å². The molecule has 1 saturated carbocycles. The van der Waals surface area contributed by atoms with E-state index in [1.165, 1.54) is 0 Å². The number of carbonyl (C=O) groups excluding carboxylic acids is 1. The highest BCUT2D eigenvalue weighted by atomic mass is 16.4. The molecule has 2 fully saturated rings. The monoisotopic (exact) mass is 282 g/mol. The SMILES string of the molecule is CN1CCC(N(C)C(=O)C2CCCC(C(=O)O)C2)CC1. The van der Waals surface area contributed by atoms with E-state index in [2.05, 4.69) is 11.9 Å². The summed E-state index contributed by atoms with van der Waals surface area (Å²) in [6.45, 7) is 2.06. The molecule has 2 rings (SSSR count). The van der Waals surface area contributed by atoms with E-state index in [1.54, 1.807) is 0 Å². The summed E-state index contributed by atoms with van der Waals surface area (Å²) in [5.74, 6) is -1.01. The lowest BCUT2D eigenvalue weighted by Crippen LogP contribution is -2.47. The highest BCUT2D eigenvalue weighted by molar-refractivity contribution is 5.80. The van der Waals surface area contributed by atoms with Gasteiger partial charge in [0.05, 0.1) is 5.92 Å². The first-order chi connectivity index (χ1) is 9.49. The molecule has 1 amide bonds. The molecule has 2 atom stereocenters. The van der Waals surface area contributed by atoms with Gasteiger partial charge in [0.25, 0.3) is 0 Å². The van der Waals surface area contributed by atoms with Gasteiger partial charge in [0.2, 0.25) is 5.91 Å². The quantitative estimate of drug-likeness (QED) is 0.850. The second kappa shape index (κ2) is 6.57. The first-order valence-electron chi connectivity index (χ1n) is 7.67. The number of piperidine rings is 1. The maximum atomic E-state index is 12.6. The second-order valence-electron chi connectivity index (χ2n) is 6.38. The Morgan fingerprint density at radius 2 is 1.70 bits per heavy atom. The van der Waals surface area contributed by atoms with Gasteiger partial charge in [-0.2, -0.15) is 0 Å². The van der Waals surface area contributed by atoms with Crippen molar-refractivity contribution >= 4 is 11.9 Å². The average Bonchev–Trinajstić information content (AvgIpc) is 2.46. The van der Waals surface area contributed by atoms with E-state index in [-0.39, 0.29) is 17.7 Å². The van der Waals surface area contributed by atoms with Crippen LogP contribution in [0.15, 0.2) is 0 Å². The minimum absolute atomic E-state index is 0.0884. The molecule has 0 radical (unpaired) electrons. The van der Waals surface area contributed by atoms with Gasteiger partial charge in [0.15, 0.2) is 0 Å². The van der Waals surface area contributed by atoms with Gasteiger partial charge < -0.3 is 14.9 Å². The van der Waals surface area contributed by atoms with Crippen molar-refractivity contribution in [1.82, 2.24) is 9.80 Å². The number of hydrogen-bond donors (Lipinski definition) is 1. The van der Waals surface area contributed by atoms with Gasteiger partial charge in [-0.15, -0.1) is 0 Å². The van der Waals surface area contributed by atoms with E-state index in [0.717, 1.165) is 45.2 Å². The van der Waals surface area contributed by atoms with Crippen molar-refractivity contribution in [3.05, 3.63) is 0 Å². The summed E-state index contributed by atoms with van der Waals surface area (Å²) in [7, 11) is 4.00. The fraction of sp³-hybridized carbons (Fsp3) is 0.867. The average molecular weight is 282 g/mol. The number of nitrogens with zero attached hydrogens (tertiary/aromatic N) is 2. The number of hydrogen-bond acceptors (Lipinski definition) is 3. The standard InChI is InChI=1S/C15H26N2O3/c1-16-8-6-13(7-9-16)17(2)14(18)11-4-3-5-12(10-11)15(19)20/h11-13H,3-10H2,1-2H3,(H,19,20). The van der Waals surface area contributed by atoms with E-state index < -0.39 is 5.97 Å². The van der Waals surface area contributed by atoms with Crippen molar-refractivity contribution in [3.8, 4) is 0 Å². The summed E-state index contributed by atoms with van der Waals surface area (Å²) in [5, 5.41) is 9.12. The van der Waals surface area contributed by atoms with E-state index >= 15 is 0 Å². The van der Waals surface area contributed by atoms with Crippen LogP contribution in [0.2, 0.25) is 0 Å². The van der Waals surface area contributed by atoms with Crippen LogP contribution in [-0.4, -0.2) is 60.0 Å². The largest absolute Gasteiger partial charge is 0.481 e. The van der Waals surface area contributed by atoms with Crippen LogP contribution >= 0.6 is 0 Å². The summed E-state index contributed by atoms with van der Waals surface area (Å²) in [5.41, 5.74) is 0. The van der Waals surface area contributed by atoms with Crippen LogP contribution in [-0.2, 0) is 9.59 Å². The summed E-state index contributed by atoms with van der Waals surface area (Å²) in [4.78, 5) is 27.8. The Hall–Kier alpha value is -1.10. The third-order valence-corrected chi connectivity index (χ3v) is 4.96. The van der Waals surface area contributed by atoms with Crippen LogP contribution in [0.1, 0.15) is 38.5 Å². The molecule has 0 spiro atoms. The van der Waals surface area contributed by atoms with Crippen molar-refractivity contribution in [2.24, 2.45) is 11.8 Å². The Morgan fingerprint density at radius 1 is 1.10 bits per heavy atom. The predicted octanol–water partition coefficient (Wildman–Crippen LogP) is 1.43. The van der Waals surface area contributed by atoms with E-state index in [9.17, 15) is 9.59 Å². The first kappa shape index (κ1) is 15.3. The minimum atomic E-state index is -0.746. The molecule has 2 aliphatic rings. The van der Waals surface area contributed by atoms with Crippen molar-refractivity contribution in [2.45, 2.75) is 44.6 Å². The van der Waals surface area contributed by atoms with Gasteiger partial charge in [-0.1, -0.05) is 6.42 Å². The van der Waals surface area contributed by atoms with Crippen LogP contribution in [0.5, 0.6) is 0 Å². The van der Waals surface area contributed by atoms with E-state index in [0.29, 0.717) is 12.5 Å². The topological polar surface area (TPSA) is 60.9 Å². The molecule has 114 valence electrons. The van der Waals surface area contributed by atoms with Gasteiger partial charge in [-0.25, -0.2) is 0 Å². The Kier molecular flexibility index (Phi) is 5.02. The van der Waals surface area contributed by atoms with Gasteiger partial charge in [0.1, 0.15) is 0 Å². The molecular formula is C15H26N2O3. The summed E-state index contributed by atoms with van der Waals surface area (Å²) in [6, 6.07) is 0.323. The Balaban J connectivity index is 1.91. The molecule has 5 heteroatoms. The lowest BCUT2D eigenvalue weighted by Gasteiger charge is -2.38. The van der Waals surface area contributed by atoms with Crippen molar-refractivity contribution < 1.29 is 14.7 Å². The number of rotatable bonds is 3. The minimum Gasteiger partial charge on any atom is -0.481 e. The summed E-state index contributed by atoms with van der Waals surface area (Å²) >= 11 is 0. The number of amides is 1. The number of aliphatic carboxylic acids is 1. The summed E-state index contributed by atoms with van der Waals surface area (Å²) < 4.78 is 0. The molecule has 0 aromatic rings. The Morgan fingerprint density at radius 3 is 2.30 bits per heavy atom. The Labute approximate surface area is 120 Å². The molecule has 0 bridgehead atoms. The third-order valence-electron chi connectivity index (χ3n) is 4.96.